The number of rotatable bonds is 6. The molecule has 0 aliphatic carbocycles. The van der Waals surface area contributed by atoms with Crippen LogP contribution >= 0.6 is 0 Å². The van der Waals surface area contributed by atoms with Crippen LogP contribution in [0.2, 0.25) is 0 Å². The Hall–Kier alpha value is -2.60. The Labute approximate surface area is 135 Å². The van der Waals surface area contributed by atoms with Crippen molar-refractivity contribution in [2.75, 3.05) is 7.11 Å². The van der Waals surface area contributed by atoms with E-state index in [4.69, 9.17) is 9.47 Å². The third-order valence-electron chi connectivity index (χ3n) is 2.90. The highest BCUT2D eigenvalue weighted by Gasteiger charge is 2.13. The zero-order valence-corrected chi connectivity index (χ0v) is 13.5. The lowest BCUT2D eigenvalue weighted by Crippen LogP contribution is -2.00. The molecular weight excluding hydrogens is 298 g/mol. The summed E-state index contributed by atoms with van der Waals surface area (Å²) in [7, 11) is 1.53. The number of nitrogens with zero attached hydrogens (tertiary/aromatic N) is 1. The molecule has 2 aromatic rings. The van der Waals surface area contributed by atoms with Crippen molar-refractivity contribution in [3.63, 3.8) is 0 Å². The third kappa shape index (κ3) is 5.27. The molecule has 2 rings (SSSR count). The molecule has 0 aliphatic heterocycles. The second kappa shape index (κ2) is 9.42. The number of aliphatic hydroxyl groups is 1. The Morgan fingerprint density at radius 2 is 1.78 bits per heavy atom. The molecular formula is C17H21NO5. The number of nitro groups is 1. The molecule has 1 N–H and O–H groups in total. The van der Waals surface area contributed by atoms with E-state index in [2.05, 4.69) is 0 Å². The second-order valence-electron chi connectivity index (χ2n) is 4.36. The molecule has 0 radical (unpaired) electrons. The first-order valence-corrected chi connectivity index (χ1v) is 7.28. The first-order chi connectivity index (χ1) is 11.1. The first kappa shape index (κ1) is 18.4. The monoisotopic (exact) mass is 319 g/mol. The van der Waals surface area contributed by atoms with Crippen LogP contribution in [0.25, 0.3) is 0 Å². The van der Waals surface area contributed by atoms with Crippen LogP contribution in [0.1, 0.15) is 25.0 Å². The van der Waals surface area contributed by atoms with Crippen LogP contribution in [0.3, 0.4) is 0 Å². The van der Waals surface area contributed by atoms with Crippen molar-refractivity contribution in [2.45, 2.75) is 27.1 Å². The van der Waals surface area contributed by atoms with Gasteiger partial charge < -0.3 is 14.6 Å². The van der Waals surface area contributed by atoms with Gasteiger partial charge in [0.15, 0.2) is 5.75 Å². The first-order valence-electron chi connectivity index (χ1n) is 7.28. The smallest absolute Gasteiger partial charge is 0.310 e. The molecule has 0 atom stereocenters. The molecule has 6 heteroatoms. The molecule has 0 spiro atoms. The number of aliphatic hydroxyl groups excluding tert-OH is 1. The molecule has 124 valence electrons. The summed E-state index contributed by atoms with van der Waals surface area (Å²) in [6.45, 7) is 4.03. The van der Waals surface area contributed by atoms with E-state index < -0.39 is 4.92 Å². The quantitative estimate of drug-likeness (QED) is 0.648. The summed E-state index contributed by atoms with van der Waals surface area (Å²) in [5.41, 5.74) is 1.37. The maximum absolute atomic E-state index is 10.9. The van der Waals surface area contributed by atoms with Gasteiger partial charge >= 0.3 is 5.69 Å². The van der Waals surface area contributed by atoms with E-state index in [1.54, 1.807) is 36.4 Å². The molecule has 0 aromatic heterocycles. The van der Waals surface area contributed by atoms with E-state index in [9.17, 15) is 15.2 Å². The van der Waals surface area contributed by atoms with Gasteiger partial charge in [-0.1, -0.05) is 26.0 Å². The van der Waals surface area contributed by atoms with Crippen LogP contribution < -0.4 is 9.47 Å². The minimum atomic E-state index is -0.486. The molecule has 6 nitrogen and oxygen atoms in total. The van der Waals surface area contributed by atoms with Gasteiger partial charge in [0.05, 0.1) is 18.6 Å². The van der Waals surface area contributed by atoms with Gasteiger partial charge in [-0.2, -0.15) is 0 Å². The molecule has 0 amide bonds. The van der Waals surface area contributed by atoms with Gasteiger partial charge in [-0.05, 0) is 35.4 Å². The van der Waals surface area contributed by atoms with Gasteiger partial charge in [0, 0.05) is 6.07 Å². The average Bonchev–Trinajstić information content (AvgIpc) is 2.61. The minimum absolute atomic E-state index is 0.0808. The number of ether oxygens (including phenoxy) is 2. The largest absolute Gasteiger partial charge is 0.497 e. The summed E-state index contributed by atoms with van der Waals surface area (Å²) in [6.07, 6.45) is 0. The van der Waals surface area contributed by atoms with Crippen LogP contribution in [0.15, 0.2) is 42.5 Å². The van der Waals surface area contributed by atoms with E-state index in [0.717, 1.165) is 5.56 Å². The molecule has 0 saturated heterocycles. The van der Waals surface area contributed by atoms with E-state index in [1.165, 1.54) is 13.2 Å². The van der Waals surface area contributed by atoms with Crippen LogP contribution in [0.4, 0.5) is 5.69 Å². The summed E-state index contributed by atoms with van der Waals surface area (Å²) < 4.78 is 10.6. The topological polar surface area (TPSA) is 81.8 Å². The maximum Gasteiger partial charge on any atom is 0.310 e. The van der Waals surface area contributed by atoms with E-state index in [0.29, 0.717) is 11.3 Å². The van der Waals surface area contributed by atoms with Gasteiger partial charge in [0.25, 0.3) is 0 Å². The lowest BCUT2D eigenvalue weighted by atomic mass is 10.1. The zero-order chi connectivity index (χ0) is 17.2. The van der Waals surface area contributed by atoms with Crippen molar-refractivity contribution in [1.29, 1.82) is 0 Å². The molecule has 0 bridgehead atoms. The summed E-state index contributed by atoms with van der Waals surface area (Å²) >= 11 is 0. The van der Waals surface area contributed by atoms with Crippen LogP contribution in [-0.2, 0) is 13.2 Å². The number of benzene rings is 2. The highest BCUT2D eigenvalue weighted by Crippen LogP contribution is 2.27. The Morgan fingerprint density at radius 1 is 1.13 bits per heavy atom. The van der Waals surface area contributed by atoms with Gasteiger partial charge in [-0.25, -0.2) is 0 Å². The Morgan fingerprint density at radius 3 is 2.39 bits per heavy atom. The molecule has 0 aliphatic rings. The van der Waals surface area contributed by atoms with Crippen molar-refractivity contribution in [3.05, 3.63) is 63.7 Å². The van der Waals surface area contributed by atoms with E-state index in [1.807, 2.05) is 13.8 Å². The van der Waals surface area contributed by atoms with Crippen molar-refractivity contribution in [3.8, 4) is 11.5 Å². The highest BCUT2D eigenvalue weighted by molar-refractivity contribution is 5.46. The van der Waals surface area contributed by atoms with Crippen molar-refractivity contribution >= 4 is 5.69 Å². The summed E-state index contributed by atoms with van der Waals surface area (Å²) in [4.78, 5) is 10.4. The maximum atomic E-state index is 10.9. The van der Waals surface area contributed by atoms with Gasteiger partial charge in [0.1, 0.15) is 12.4 Å². The molecule has 2 aromatic carbocycles. The molecule has 23 heavy (non-hydrogen) atoms. The third-order valence-corrected chi connectivity index (χ3v) is 2.90. The lowest BCUT2D eigenvalue weighted by molar-refractivity contribution is -0.385. The fourth-order valence-electron chi connectivity index (χ4n) is 1.91. The Balaban J connectivity index is 0.00000127. The number of methoxy groups -OCH3 is 1. The highest BCUT2D eigenvalue weighted by atomic mass is 16.6. The van der Waals surface area contributed by atoms with Gasteiger partial charge in [-0.15, -0.1) is 0 Å². The second-order valence-corrected chi connectivity index (χ2v) is 4.36. The summed E-state index contributed by atoms with van der Waals surface area (Å²) in [5.74, 6) is 0.804. The SMILES string of the molecule is CC.COc1cc(CO)cc(COc2ccccc2[N+](=O)[O-])c1. The zero-order valence-electron chi connectivity index (χ0n) is 13.5. The van der Waals surface area contributed by atoms with Gasteiger partial charge in [-0.3, -0.25) is 10.1 Å². The molecule has 0 saturated carbocycles. The van der Waals surface area contributed by atoms with Crippen molar-refractivity contribution < 1.29 is 19.5 Å². The predicted octanol–water partition coefficient (Wildman–Crippen LogP) is 3.70. The van der Waals surface area contributed by atoms with E-state index >= 15 is 0 Å². The van der Waals surface area contributed by atoms with Crippen LogP contribution in [0.5, 0.6) is 11.5 Å². The normalized spacial score (nSPS) is 9.57. The van der Waals surface area contributed by atoms with Crippen molar-refractivity contribution in [2.24, 2.45) is 0 Å². The standard InChI is InChI=1S/C15H15NO5.C2H6/c1-20-13-7-11(9-17)6-12(8-13)10-21-15-5-3-2-4-14(15)16(18)19;1-2/h2-8,17H,9-10H2,1H3;1-2H3. The minimum Gasteiger partial charge on any atom is -0.497 e. The average molecular weight is 319 g/mol. The number of para-hydroxylation sites is 2. The fraction of sp³-hybridized carbons (Fsp3) is 0.294. The summed E-state index contributed by atoms with van der Waals surface area (Å²) in [5, 5.41) is 20.1. The lowest BCUT2D eigenvalue weighted by Gasteiger charge is -2.10. The molecule has 0 unspecified atom stereocenters. The number of hydrogen-bond donors (Lipinski definition) is 1. The number of hydrogen-bond acceptors (Lipinski definition) is 5. The van der Waals surface area contributed by atoms with E-state index in [-0.39, 0.29) is 24.7 Å². The molecule has 0 heterocycles. The summed E-state index contributed by atoms with van der Waals surface area (Å²) in [6, 6.07) is 11.4. The number of nitro benzene ring substituents is 1. The predicted molar refractivity (Wildman–Crippen MR) is 87.7 cm³/mol. The van der Waals surface area contributed by atoms with Crippen LogP contribution in [0, 0.1) is 10.1 Å². The van der Waals surface area contributed by atoms with Gasteiger partial charge in [0.2, 0.25) is 0 Å². The Bertz CT molecular complexity index is 620. The molecule has 0 fully saturated rings. The Kier molecular flexibility index (Phi) is 7.56. The van der Waals surface area contributed by atoms with Crippen molar-refractivity contribution in [1.82, 2.24) is 0 Å². The van der Waals surface area contributed by atoms with Crippen LogP contribution in [-0.4, -0.2) is 17.1 Å². The fourth-order valence-corrected chi connectivity index (χ4v) is 1.91.